The van der Waals surface area contributed by atoms with Crippen LogP contribution in [0.15, 0.2) is 29.3 Å². The van der Waals surface area contributed by atoms with E-state index >= 15 is 0 Å². The van der Waals surface area contributed by atoms with Gasteiger partial charge < -0.3 is 16.0 Å². The maximum absolute atomic E-state index is 11.6. The summed E-state index contributed by atoms with van der Waals surface area (Å²) in [6.07, 6.45) is 0. The summed E-state index contributed by atoms with van der Waals surface area (Å²) in [5, 5.41) is 2.62. The van der Waals surface area contributed by atoms with Crippen molar-refractivity contribution in [3.8, 4) is 0 Å². The van der Waals surface area contributed by atoms with Gasteiger partial charge in [0.2, 0.25) is 0 Å². The molecule has 0 spiro atoms. The summed E-state index contributed by atoms with van der Waals surface area (Å²) in [4.78, 5) is 18.1. The van der Waals surface area contributed by atoms with Crippen LogP contribution in [-0.4, -0.2) is 48.4 Å². The Balaban J connectivity index is 0.00000220. The number of nitrogens with one attached hydrogen (secondary N) is 1. The Morgan fingerprint density at radius 1 is 1.43 bits per heavy atom. The van der Waals surface area contributed by atoms with Crippen molar-refractivity contribution in [2.24, 2.45) is 10.7 Å². The molecule has 0 bridgehead atoms. The largest absolute Gasteiger partial charge is 0.370 e. The number of amides is 1. The fourth-order valence-corrected chi connectivity index (χ4v) is 2.92. The second kappa shape index (κ2) is 9.14. The lowest BCUT2D eigenvalue weighted by molar-refractivity contribution is 0.0963. The maximum atomic E-state index is 11.6. The maximum Gasteiger partial charge on any atom is 0.251 e. The molecule has 21 heavy (non-hydrogen) atoms. The molecule has 1 aromatic rings. The van der Waals surface area contributed by atoms with Crippen LogP contribution in [0.25, 0.3) is 0 Å². The predicted octanol–water partition coefficient (Wildman–Crippen LogP) is 1.53. The lowest BCUT2D eigenvalue weighted by atomic mass is 10.1. The van der Waals surface area contributed by atoms with Crippen molar-refractivity contribution in [3.63, 3.8) is 0 Å². The van der Waals surface area contributed by atoms with E-state index in [1.807, 2.05) is 30.0 Å². The minimum atomic E-state index is -0.0862. The topological polar surface area (TPSA) is 70.7 Å². The van der Waals surface area contributed by atoms with E-state index in [0.29, 0.717) is 18.1 Å². The van der Waals surface area contributed by atoms with Crippen LogP contribution in [0, 0.1) is 0 Å². The third-order valence-corrected chi connectivity index (χ3v) is 4.12. The monoisotopic (exact) mass is 420 g/mol. The van der Waals surface area contributed by atoms with Gasteiger partial charge in [-0.05, 0) is 17.7 Å². The van der Waals surface area contributed by atoms with Gasteiger partial charge in [-0.2, -0.15) is 11.8 Å². The second-order valence-corrected chi connectivity index (χ2v) is 5.78. The van der Waals surface area contributed by atoms with Crippen LogP contribution in [0.3, 0.4) is 0 Å². The number of carbonyl (C=O) groups excluding carboxylic acids is 1. The fraction of sp³-hybridized carbons (Fsp3) is 0.429. The van der Waals surface area contributed by atoms with Crippen LogP contribution in [0.5, 0.6) is 0 Å². The number of guanidine groups is 1. The molecule has 0 unspecified atom stereocenters. The summed E-state index contributed by atoms with van der Waals surface area (Å²) in [7, 11) is 1.62. The van der Waals surface area contributed by atoms with Crippen molar-refractivity contribution in [2.45, 2.75) is 6.54 Å². The number of halogens is 1. The number of benzene rings is 1. The summed E-state index contributed by atoms with van der Waals surface area (Å²) >= 11 is 1.94. The Morgan fingerprint density at radius 3 is 2.81 bits per heavy atom. The van der Waals surface area contributed by atoms with E-state index in [2.05, 4.69) is 15.2 Å². The molecule has 0 atom stereocenters. The highest BCUT2D eigenvalue weighted by Gasteiger charge is 2.12. The van der Waals surface area contributed by atoms with Crippen LogP contribution in [0.4, 0.5) is 0 Å². The van der Waals surface area contributed by atoms with Crippen LogP contribution >= 0.6 is 35.7 Å². The molecule has 1 aliphatic rings. The standard InChI is InChI=1S/C14H20N4OS.HI/c1-16-13(19)12-4-2-3-11(9-12)10-17-14(15)18-5-7-20-8-6-18;/h2-4,9H,5-8,10H2,1H3,(H2,15,17)(H,16,19);1H. The van der Waals surface area contributed by atoms with Gasteiger partial charge in [0.05, 0.1) is 6.54 Å². The second-order valence-electron chi connectivity index (χ2n) is 4.55. The fourth-order valence-electron chi connectivity index (χ4n) is 2.02. The number of carbonyl (C=O) groups is 1. The number of nitrogens with two attached hydrogens (primary N) is 1. The molecule has 2 rings (SSSR count). The van der Waals surface area contributed by atoms with Crippen LogP contribution in [0.2, 0.25) is 0 Å². The molecule has 0 aliphatic carbocycles. The molecule has 1 saturated heterocycles. The summed E-state index contributed by atoms with van der Waals surface area (Å²) in [5.41, 5.74) is 7.64. The summed E-state index contributed by atoms with van der Waals surface area (Å²) in [5.74, 6) is 2.71. The van der Waals surface area contributed by atoms with Gasteiger partial charge >= 0.3 is 0 Å². The predicted molar refractivity (Wildman–Crippen MR) is 99.5 cm³/mol. The highest BCUT2D eigenvalue weighted by atomic mass is 127. The Labute approximate surface area is 146 Å². The molecule has 0 aromatic heterocycles. The number of hydrogen-bond acceptors (Lipinski definition) is 3. The number of hydrogen-bond donors (Lipinski definition) is 2. The van der Waals surface area contributed by atoms with E-state index in [1.54, 1.807) is 13.1 Å². The molecule has 0 saturated carbocycles. The Morgan fingerprint density at radius 2 is 2.14 bits per heavy atom. The molecular formula is C14H21IN4OS. The average molecular weight is 420 g/mol. The average Bonchev–Trinajstić information content (AvgIpc) is 2.53. The molecule has 116 valence electrons. The van der Waals surface area contributed by atoms with Gasteiger partial charge in [-0.25, -0.2) is 4.99 Å². The molecule has 1 fully saturated rings. The Hall–Kier alpha value is -0.960. The van der Waals surface area contributed by atoms with E-state index in [4.69, 9.17) is 5.73 Å². The van der Waals surface area contributed by atoms with E-state index in [-0.39, 0.29) is 29.9 Å². The van der Waals surface area contributed by atoms with Crippen molar-refractivity contribution >= 4 is 47.6 Å². The molecule has 1 amide bonds. The third kappa shape index (κ3) is 5.39. The SMILES string of the molecule is CNC(=O)c1cccc(CN=C(N)N2CCSCC2)c1.I. The highest BCUT2D eigenvalue weighted by molar-refractivity contribution is 14.0. The van der Waals surface area contributed by atoms with Gasteiger partial charge in [0.25, 0.3) is 5.91 Å². The summed E-state index contributed by atoms with van der Waals surface area (Å²) < 4.78 is 0. The van der Waals surface area contributed by atoms with Crippen molar-refractivity contribution in [2.75, 3.05) is 31.6 Å². The zero-order valence-electron chi connectivity index (χ0n) is 12.0. The molecule has 1 aliphatic heterocycles. The van der Waals surface area contributed by atoms with Crippen LogP contribution < -0.4 is 11.1 Å². The van der Waals surface area contributed by atoms with Crippen molar-refractivity contribution < 1.29 is 4.79 Å². The van der Waals surface area contributed by atoms with Gasteiger partial charge in [-0.1, -0.05) is 12.1 Å². The zero-order chi connectivity index (χ0) is 14.4. The first kappa shape index (κ1) is 18.1. The first-order chi connectivity index (χ1) is 9.70. The van der Waals surface area contributed by atoms with Crippen LogP contribution in [-0.2, 0) is 6.54 Å². The van der Waals surface area contributed by atoms with Crippen molar-refractivity contribution in [1.82, 2.24) is 10.2 Å². The quantitative estimate of drug-likeness (QED) is 0.442. The molecule has 1 heterocycles. The molecule has 3 N–H and O–H groups in total. The molecule has 1 aromatic carbocycles. The summed E-state index contributed by atoms with van der Waals surface area (Å²) in [6.45, 7) is 2.41. The number of thioether (sulfide) groups is 1. The van der Waals surface area contributed by atoms with Crippen LogP contribution in [0.1, 0.15) is 15.9 Å². The Bertz CT molecular complexity index is 504. The molecule has 5 nitrogen and oxygen atoms in total. The number of aliphatic imine (C=N–C) groups is 1. The normalized spacial score (nSPS) is 15.3. The van der Waals surface area contributed by atoms with E-state index in [1.165, 1.54) is 0 Å². The number of nitrogens with zero attached hydrogens (tertiary/aromatic N) is 2. The highest BCUT2D eigenvalue weighted by Crippen LogP contribution is 2.10. The van der Waals surface area contributed by atoms with Gasteiger partial charge in [0.15, 0.2) is 5.96 Å². The van der Waals surface area contributed by atoms with E-state index in [0.717, 1.165) is 30.2 Å². The van der Waals surface area contributed by atoms with E-state index in [9.17, 15) is 4.79 Å². The van der Waals surface area contributed by atoms with Gasteiger partial charge in [-0.3, -0.25) is 4.79 Å². The minimum Gasteiger partial charge on any atom is -0.370 e. The molecular weight excluding hydrogens is 399 g/mol. The van der Waals surface area contributed by atoms with E-state index < -0.39 is 0 Å². The zero-order valence-corrected chi connectivity index (χ0v) is 15.2. The summed E-state index contributed by atoms with van der Waals surface area (Å²) in [6, 6.07) is 7.46. The van der Waals surface area contributed by atoms with Crippen molar-refractivity contribution in [3.05, 3.63) is 35.4 Å². The smallest absolute Gasteiger partial charge is 0.251 e. The Kier molecular flexibility index (Phi) is 7.87. The lowest BCUT2D eigenvalue weighted by Crippen LogP contribution is -2.42. The molecule has 0 radical (unpaired) electrons. The number of rotatable bonds is 3. The lowest BCUT2D eigenvalue weighted by Gasteiger charge is -2.27. The van der Waals surface area contributed by atoms with Gasteiger partial charge in [-0.15, -0.1) is 24.0 Å². The van der Waals surface area contributed by atoms with Gasteiger partial charge in [0, 0.05) is 37.2 Å². The first-order valence-electron chi connectivity index (χ1n) is 6.64. The third-order valence-electron chi connectivity index (χ3n) is 3.17. The van der Waals surface area contributed by atoms with Crippen molar-refractivity contribution in [1.29, 1.82) is 0 Å². The first-order valence-corrected chi connectivity index (χ1v) is 7.80. The molecule has 7 heteroatoms. The minimum absolute atomic E-state index is 0. The van der Waals surface area contributed by atoms with Gasteiger partial charge in [0.1, 0.15) is 0 Å².